The molecule has 0 unspecified atom stereocenters. The van der Waals surface area contributed by atoms with Gasteiger partial charge in [0.15, 0.2) is 0 Å². The summed E-state index contributed by atoms with van der Waals surface area (Å²) < 4.78 is 0. The zero-order valence-corrected chi connectivity index (χ0v) is 11.8. The van der Waals surface area contributed by atoms with Gasteiger partial charge in [-0.1, -0.05) is 58.5 Å². The van der Waals surface area contributed by atoms with Crippen molar-refractivity contribution in [3.05, 3.63) is 56.5 Å². The molecule has 4 heteroatoms. The molecule has 2 radical (unpaired) electrons. The third-order valence-electron chi connectivity index (χ3n) is 2.77. The van der Waals surface area contributed by atoms with Crippen molar-refractivity contribution in [2.45, 2.75) is 0 Å². The van der Waals surface area contributed by atoms with Crippen LogP contribution in [-0.2, 0) is 0 Å². The first-order valence-corrected chi connectivity index (χ1v) is 6.58. The lowest BCUT2D eigenvalue weighted by Gasteiger charge is -2.07. The molecule has 0 amide bonds. The smallest absolute Gasteiger partial charge is 0.0791 e. The minimum absolute atomic E-state index is 0.307. The van der Waals surface area contributed by atoms with Crippen LogP contribution in [0, 0.1) is 12.1 Å². The van der Waals surface area contributed by atoms with Gasteiger partial charge in [0.05, 0.1) is 20.1 Å². The van der Waals surface area contributed by atoms with E-state index < -0.39 is 0 Å². The van der Waals surface area contributed by atoms with Crippen molar-refractivity contribution in [2.24, 2.45) is 0 Å². The highest BCUT2D eigenvalue weighted by Gasteiger charge is 2.11. The molecule has 0 atom stereocenters. The summed E-state index contributed by atoms with van der Waals surface area (Å²) in [4.78, 5) is 0. The second-order valence-electron chi connectivity index (χ2n) is 3.84. The van der Waals surface area contributed by atoms with E-state index in [1.54, 1.807) is 6.07 Å². The van der Waals surface area contributed by atoms with Crippen molar-refractivity contribution in [3.8, 4) is 0 Å². The first-order valence-electron chi connectivity index (χ1n) is 5.07. The molecule has 0 saturated carbocycles. The monoisotopic (exact) mass is 312 g/mol. The zero-order valence-electron chi connectivity index (χ0n) is 8.82. The standard InChI is InChI=1S/C14H4Cl4/c15-11-3-1-2-7-4-8-5-12(16)14(18)13(17)10(8)6-9(7)11/h1-2,4,6H. The lowest BCUT2D eigenvalue weighted by molar-refractivity contribution is 1.74. The summed E-state index contributed by atoms with van der Waals surface area (Å²) in [7, 11) is 0. The van der Waals surface area contributed by atoms with E-state index in [-0.39, 0.29) is 0 Å². The molecular weight excluding hydrogens is 310 g/mol. The number of halogens is 4. The Morgan fingerprint density at radius 2 is 1.61 bits per heavy atom. The van der Waals surface area contributed by atoms with Crippen LogP contribution in [0.5, 0.6) is 0 Å². The second-order valence-corrected chi connectivity index (χ2v) is 5.36. The average molecular weight is 314 g/mol. The fourth-order valence-corrected chi connectivity index (χ4v) is 2.77. The lowest BCUT2D eigenvalue weighted by atomic mass is 10.0. The van der Waals surface area contributed by atoms with E-state index in [4.69, 9.17) is 46.4 Å². The van der Waals surface area contributed by atoms with E-state index in [1.165, 1.54) is 0 Å². The maximum Gasteiger partial charge on any atom is 0.0791 e. The largest absolute Gasteiger partial charge is 0.0830 e. The molecule has 0 aliphatic heterocycles. The Balaban J connectivity index is 2.54. The topological polar surface area (TPSA) is 0 Å². The highest BCUT2D eigenvalue weighted by atomic mass is 35.5. The van der Waals surface area contributed by atoms with Crippen LogP contribution >= 0.6 is 46.4 Å². The summed E-state index contributed by atoms with van der Waals surface area (Å²) in [6.07, 6.45) is 0. The van der Waals surface area contributed by atoms with E-state index in [2.05, 4.69) is 12.1 Å². The average Bonchev–Trinajstić information content (AvgIpc) is 2.35. The Morgan fingerprint density at radius 1 is 0.833 bits per heavy atom. The minimum Gasteiger partial charge on any atom is -0.0830 e. The SMILES string of the molecule is Clc1[c]c2cc3cc[c]c(Cl)c3cc2c(Cl)c1Cl. The van der Waals surface area contributed by atoms with Crippen molar-refractivity contribution < 1.29 is 0 Å². The fraction of sp³-hybridized carbons (Fsp3) is 0. The summed E-state index contributed by atoms with van der Waals surface area (Å²) in [6.45, 7) is 0. The third-order valence-corrected chi connectivity index (χ3v) is 4.33. The highest BCUT2D eigenvalue weighted by molar-refractivity contribution is 6.50. The molecule has 0 heterocycles. The Labute approximate surface area is 124 Å². The Kier molecular flexibility index (Phi) is 3.07. The van der Waals surface area contributed by atoms with Crippen LogP contribution in [0.1, 0.15) is 0 Å². The van der Waals surface area contributed by atoms with Crippen LogP contribution in [0.3, 0.4) is 0 Å². The van der Waals surface area contributed by atoms with Crippen molar-refractivity contribution >= 4 is 67.9 Å². The zero-order chi connectivity index (χ0) is 12.9. The number of hydrogen-bond acceptors (Lipinski definition) is 0. The highest BCUT2D eigenvalue weighted by Crippen LogP contribution is 2.38. The lowest BCUT2D eigenvalue weighted by Crippen LogP contribution is -1.82. The van der Waals surface area contributed by atoms with Gasteiger partial charge in [0.25, 0.3) is 0 Å². The second kappa shape index (κ2) is 4.47. The number of hydrogen-bond donors (Lipinski definition) is 0. The van der Waals surface area contributed by atoms with Gasteiger partial charge < -0.3 is 0 Å². The van der Waals surface area contributed by atoms with Crippen LogP contribution in [0.2, 0.25) is 20.1 Å². The quantitative estimate of drug-likeness (QED) is 0.342. The molecule has 0 fully saturated rings. The van der Waals surface area contributed by atoms with Gasteiger partial charge in [0.1, 0.15) is 0 Å². The van der Waals surface area contributed by atoms with Gasteiger partial charge in [-0.05, 0) is 22.9 Å². The number of benzene rings is 3. The van der Waals surface area contributed by atoms with Crippen LogP contribution in [-0.4, -0.2) is 0 Å². The summed E-state index contributed by atoms with van der Waals surface area (Å²) in [6, 6.07) is 13.4. The predicted molar refractivity (Wildman–Crippen MR) is 79.2 cm³/mol. The van der Waals surface area contributed by atoms with Crippen molar-refractivity contribution in [1.82, 2.24) is 0 Å². The van der Waals surface area contributed by atoms with Gasteiger partial charge in [-0.15, -0.1) is 0 Å². The van der Waals surface area contributed by atoms with Gasteiger partial charge in [0, 0.05) is 22.9 Å². The molecule has 0 spiro atoms. The van der Waals surface area contributed by atoms with Crippen LogP contribution in [0.15, 0.2) is 24.3 Å². The number of fused-ring (bicyclic) bond motifs is 2. The normalized spacial score (nSPS) is 11.3. The summed E-state index contributed by atoms with van der Waals surface area (Å²) in [5, 5.41) is 5.04. The predicted octanol–water partition coefficient (Wildman–Crippen LogP) is 6.21. The Hall–Kier alpha value is -0.660. The minimum atomic E-state index is 0.307. The first-order chi connectivity index (χ1) is 8.58. The molecule has 0 aromatic heterocycles. The van der Waals surface area contributed by atoms with Gasteiger partial charge in [-0.3, -0.25) is 0 Å². The van der Waals surface area contributed by atoms with Crippen molar-refractivity contribution in [2.75, 3.05) is 0 Å². The molecule has 0 saturated heterocycles. The molecule has 88 valence electrons. The molecular formula is C14H4Cl4. The molecule has 3 aromatic carbocycles. The molecule has 0 aliphatic rings. The van der Waals surface area contributed by atoms with Gasteiger partial charge in [-0.25, -0.2) is 0 Å². The van der Waals surface area contributed by atoms with E-state index in [9.17, 15) is 0 Å². The molecule has 3 rings (SSSR count). The molecule has 3 aromatic rings. The van der Waals surface area contributed by atoms with Crippen molar-refractivity contribution in [1.29, 1.82) is 0 Å². The van der Waals surface area contributed by atoms with Crippen molar-refractivity contribution in [3.63, 3.8) is 0 Å². The van der Waals surface area contributed by atoms with E-state index in [1.807, 2.05) is 18.2 Å². The number of rotatable bonds is 0. The molecule has 0 nitrogen and oxygen atoms in total. The van der Waals surface area contributed by atoms with E-state index in [0.717, 1.165) is 21.5 Å². The molecule has 0 aliphatic carbocycles. The van der Waals surface area contributed by atoms with Gasteiger partial charge >= 0.3 is 0 Å². The first kappa shape index (κ1) is 12.4. The van der Waals surface area contributed by atoms with Crippen LogP contribution < -0.4 is 0 Å². The van der Waals surface area contributed by atoms with Gasteiger partial charge in [-0.2, -0.15) is 0 Å². The Morgan fingerprint density at radius 3 is 2.39 bits per heavy atom. The molecule has 0 bridgehead atoms. The Bertz CT molecular complexity index is 778. The van der Waals surface area contributed by atoms with E-state index in [0.29, 0.717) is 20.1 Å². The summed E-state index contributed by atoms with van der Waals surface area (Å²) >= 11 is 24.3. The summed E-state index contributed by atoms with van der Waals surface area (Å²) in [5.74, 6) is 0. The molecule has 18 heavy (non-hydrogen) atoms. The van der Waals surface area contributed by atoms with Gasteiger partial charge in [0.2, 0.25) is 0 Å². The van der Waals surface area contributed by atoms with E-state index >= 15 is 0 Å². The maximum atomic E-state index is 6.19. The summed E-state index contributed by atoms with van der Waals surface area (Å²) in [5.41, 5.74) is 0. The van der Waals surface area contributed by atoms with Crippen LogP contribution in [0.4, 0.5) is 0 Å². The van der Waals surface area contributed by atoms with Crippen LogP contribution in [0.25, 0.3) is 21.5 Å². The molecule has 0 N–H and O–H groups in total. The third kappa shape index (κ3) is 1.85. The fourth-order valence-electron chi connectivity index (χ4n) is 1.90. The maximum absolute atomic E-state index is 6.19.